The molecule has 5 heteroatoms. The van der Waals surface area contributed by atoms with Crippen LogP contribution in [0.5, 0.6) is 0 Å². The first kappa shape index (κ1) is 10.9. The number of nitrogens with one attached hydrogen (secondary N) is 1. The lowest BCUT2D eigenvalue weighted by Gasteiger charge is -2.20. The average Bonchev–Trinajstić information content (AvgIpc) is 3.11. The molecule has 0 spiro atoms. The molecule has 98 valence electrons. The van der Waals surface area contributed by atoms with Gasteiger partial charge in [-0.25, -0.2) is 0 Å². The van der Waals surface area contributed by atoms with Gasteiger partial charge in [-0.15, -0.1) is 10.2 Å². The number of rotatable bonds is 3. The van der Waals surface area contributed by atoms with Gasteiger partial charge in [0.25, 0.3) is 0 Å². The van der Waals surface area contributed by atoms with Crippen LogP contribution in [0, 0.1) is 0 Å². The second-order valence-electron chi connectivity index (χ2n) is 5.74. The van der Waals surface area contributed by atoms with E-state index in [-0.39, 0.29) is 0 Å². The molecule has 0 amide bonds. The maximum Gasteiger partial charge on any atom is 0.147 e. The van der Waals surface area contributed by atoms with E-state index in [1.54, 1.807) is 0 Å². The van der Waals surface area contributed by atoms with Crippen LogP contribution >= 0.6 is 0 Å². The molecule has 1 aromatic heterocycles. The molecule has 1 N–H and O–H groups in total. The zero-order chi connectivity index (χ0) is 11.9. The van der Waals surface area contributed by atoms with Crippen LogP contribution in [-0.4, -0.2) is 33.0 Å². The normalized spacial score (nSPS) is 33.9. The molecule has 0 saturated carbocycles. The lowest BCUT2D eigenvalue weighted by Crippen LogP contribution is -2.37. The molecule has 0 radical (unpaired) electrons. The van der Waals surface area contributed by atoms with Crippen LogP contribution < -0.4 is 5.32 Å². The number of fused-ring (bicyclic) bond motifs is 3. The summed E-state index contributed by atoms with van der Waals surface area (Å²) in [7, 11) is 0. The van der Waals surface area contributed by atoms with Gasteiger partial charge in [0.05, 0.1) is 18.8 Å². The molecule has 2 fully saturated rings. The van der Waals surface area contributed by atoms with E-state index in [9.17, 15) is 0 Å². The molecule has 3 unspecified atom stereocenters. The molecule has 3 aliphatic heterocycles. The number of ether oxygens (including phenoxy) is 1. The van der Waals surface area contributed by atoms with Crippen LogP contribution in [0.4, 0.5) is 0 Å². The molecule has 18 heavy (non-hydrogen) atoms. The Hall–Kier alpha value is -0.940. The summed E-state index contributed by atoms with van der Waals surface area (Å²) in [5.74, 6) is 2.27. The minimum absolute atomic E-state index is 0.443. The molecular weight excluding hydrogens is 228 g/mol. The summed E-state index contributed by atoms with van der Waals surface area (Å²) >= 11 is 0. The van der Waals surface area contributed by atoms with Gasteiger partial charge in [-0.3, -0.25) is 0 Å². The Kier molecular flexibility index (Phi) is 2.62. The maximum absolute atomic E-state index is 5.86. The molecule has 2 saturated heterocycles. The van der Waals surface area contributed by atoms with Crippen molar-refractivity contribution in [1.29, 1.82) is 0 Å². The number of nitrogens with zero attached hydrogens (tertiary/aromatic N) is 3. The minimum atomic E-state index is 0.443. The van der Waals surface area contributed by atoms with Gasteiger partial charge < -0.3 is 14.6 Å². The summed E-state index contributed by atoms with van der Waals surface area (Å²) in [6.07, 6.45) is 8.21. The van der Waals surface area contributed by atoms with Gasteiger partial charge in [0.2, 0.25) is 0 Å². The smallest absolute Gasteiger partial charge is 0.147 e. The monoisotopic (exact) mass is 248 g/mol. The van der Waals surface area contributed by atoms with Crippen molar-refractivity contribution in [3.05, 3.63) is 11.6 Å². The highest BCUT2D eigenvalue weighted by molar-refractivity contribution is 5.00. The second kappa shape index (κ2) is 4.31. The predicted molar refractivity (Wildman–Crippen MR) is 66.1 cm³/mol. The molecule has 4 rings (SSSR count). The summed E-state index contributed by atoms with van der Waals surface area (Å²) in [5.41, 5.74) is 0. The Labute approximate surface area is 107 Å². The van der Waals surface area contributed by atoms with E-state index in [1.165, 1.54) is 37.9 Å². The van der Waals surface area contributed by atoms with Crippen LogP contribution in [0.25, 0.3) is 0 Å². The molecule has 3 atom stereocenters. The van der Waals surface area contributed by atoms with E-state index in [1.807, 2.05) is 0 Å². The van der Waals surface area contributed by atoms with Crippen molar-refractivity contribution in [3.63, 3.8) is 0 Å². The largest absolute Gasteiger partial charge is 0.373 e. The lowest BCUT2D eigenvalue weighted by atomic mass is 9.95. The Balaban J connectivity index is 1.41. The first-order chi connectivity index (χ1) is 8.90. The molecular formula is C13H20N4O. The van der Waals surface area contributed by atoms with Crippen molar-refractivity contribution in [2.45, 2.75) is 69.9 Å². The molecule has 0 aromatic carbocycles. The zero-order valence-corrected chi connectivity index (χ0v) is 10.6. The van der Waals surface area contributed by atoms with E-state index in [2.05, 4.69) is 20.1 Å². The third kappa shape index (κ3) is 1.77. The highest BCUT2D eigenvalue weighted by atomic mass is 16.5. The van der Waals surface area contributed by atoms with E-state index in [0.29, 0.717) is 18.2 Å². The van der Waals surface area contributed by atoms with Gasteiger partial charge in [0.15, 0.2) is 0 Å². The van der Waals surface area contributed by atoms with Crippen molar-refractivity contribution in [1.82, 2.24) is 20.1 Å². The highest BCUT2D eigenvalue weighted by Gasteiger charge is 2.40. The quantitative estimate of drug-likeness (QED) is 0.868. The highest BCUT2D eigenvalue weighted by Crippen LogP contribution is 2.34. The molecule has 0 aliphatic carbocycles. The summed E-state index contributed by atoms with van der Waals surface area (Å²) in [5, 5.41) is 12.2. The SMILES string of the molecule is C1CCn2c(nnc2CNC2CC3CCC2O3)C1. The molecule has 4 heterocycles. The van der Waals surface area contributed by atoms with Gasteiger partial charge in [-0.2, -0.15) is 0 Å². The Morgan fingerprint density at radius 3 is 3.11 bits per heavy atom. The van der Waals surface area contributed by atoms with Crippen LogP contribution in [0.15, 0.2) is 0 Å². The Morgan fingerprint density at radius 2 is 2.28 bits per heavy atom. The maximum atomic E-state index is 5.86. The van der Waals surface area contributed by atoms with Crippen LogP contribution in [-0.2, 0) is 24.2 Å². The van der Waals surface area contributed by atoms with Crippen molar-refractivity contribution < 1.29 is 4.74 Å². The first-order valence-electron chi connectivity index (χ1n) is 7.20. The van der Waals surface area contributed by atoms with Gasteiger partial charge in [0.1, 0.15) is 11.6 Å². The van der Waals surface area contributed by atoms with E-state index in [4.69, 9.17) is 4.74 Å². The van der Waals surface area contributed by atoms with Crippen molar-refractivity contribution in [2.75, 3.05) is 0 Å². The fourth-order valence-electron chi connectivity index (χ4n) is 3.57. The second-order valence-corrected chi connectivity index (χ2v) is 5.74. The topological polar surface area (TPSA) is 52.0 Å². The first-order valence-corrected chi connectivity index (χ1v) is 7.20. The molecule has 3 aliphatic rings. The van der Waals surface area contributed by atoms with Gasteiger partial charge in [-0.1, -0.05) is 0 Å². The fraction of sp³-hybridized carbons (Fsp3) is 0.846. The number of hydrogen-bond donors (Lipinski definition) is 1. The lowest BCUT2D eigenvalue weighted by molar-refractivity contribution is 0.0971. The van der Waals surface area contributed by atoms with Crippen molar-refractivity contribution in [3.8, 4) is 0 Å². The molecule has 5 nitrogen and oxygen atoms in total. The number of aryl methyl sites for hydroxylation is 1. The molecule has 1 aromatic rings. The van der Waals surface area contributed by atoms with E-state index < -0.39 is 0 Å². The van der Waals surface area contributed by atoms with Crippen LogP contribution in [0.2, 0.25) is 0 Å². The summed E-state index contributed by atoms with van der Waals surface area (Å²) in [4.78, 5) is 0. The Bertz CT molecular complexity index is 444. The number of hydrogen-bond acceptors (Lipinski definition) is 4. The Morgan fingerprint density at radius 1 is 1.28 bits per heavy atom. The zero-order valence-electron chi connectivity index (χ0n) is 10.6. The minimum Gasteiger partial charge on any atom is -0.373 e. The molecule has 2 bridgehead atoms. The van der Waals surface area contributed by atoms with Crippen LogP contribution in [0.1, 0.15) is 43.8 Å². The third-order valence-electron chi connectivity index (χ3n) is 4.56. The average molecular weight is 248 g/mol. The van der Waals surface area contributed by atoms with Crippen LogP contribution in [0.3, 0.4) is 0 Å². The predicted octanol–water partition coefficient (Wildman–Crippen LogP) is 1.02. The summed E-state index contributed by atoms with van der Waals surface area (Å²) in [6, 6.07) is 0.528. The van der Waals surface area contributed by atoms with Gasteiger partial charge in [-0.05, 0) is 32.1 Å². The van der Waals surface area contributed by atoms with Crippen molar-refractivity contribution in [2.24, 2.45) is 0 Å². The standard InChI is InChI=1S/C13H20N4O/c1-2-6-17-12(3-1)15-16-13(17)8-14-10-7-9-4-5-11(10)18-9/h9-11,14H,1-8H2. The number of aromatic nitrogens is 3. The van der Waals surface area contributed by atoms with Gasteiger partial charge in [0, 0.05) is 19.0 Å². The summed E-state index contributed by atoms with van der Waals surface area (Å²) in [6.45, 7) is 1.93. The summed E-state index contributed by atoms with van der Waals surface area (Å²) < 4.78 is 8.16. The van der Waals surface area contributed by atoms with E-state index >= 15 is 0 Å². The fourth-order valence-corrected chi connectivity index (χ4v) is 3.57. The van der Waals surface area contributed by atoms with Crippen molar-refractivity contribution >= 4 is 0 Å². The third-order valence-corrected chi connectivity index (χ3v) is 4.56. The van der Waals surface area contributed by atoms with Gasteiger partial charge >= 0.3 is 0 Å². The van der Waals surface area contributed by atoms with E-state index in [0.717, 1.165) is 25.3 Å².